The molecule has 6 nitrogen and oxygen atoms in total. The summed E-state index contributed by atoms with van der Waals surface area (Å²) in [7, 11) is 1.61. The van der Waals surface area contributed by atoms with E-state index in [0.29, 0.717) is 24.6 Å². The first-order valence-electron chi connectivity index (χ1n) is 4.86. The number of aryl methyl sites for hydroxylation is 1. The molecule has 0 fully saturated rings. The van der Waals surface area contributed by atoms with Gasteiger partial charge in [0.1, 0.15) is 12.3 Å². The van der Waals surface area contributed by atoms with Crippen molar-refractivity contribution in [2.24, 2.45) is 7.05 Å². The van der Waals surface area contributed by atoms with Gasteiger partial charge in [-0.15, -0.1) is 0 Å². The van der Waals surface area contributed by atoms with Gasteiger partial charge in [0.05, 0.1) is 6.54 Å². The molecule has 0 aromatic carbocycles. The van der Waals surface area contributed by atoms with E-state index in [2.05, 4.69) is 0 Å². The fourth-order valence-corrected chi connectivity index (χ4v) is 1.88. The molecule has 0 saturated carbocycles. The molecule has 0 atom stereocenters. The molecular weight excluding hydrogens is 212 g/mol. The summed E-state index contributed by atoms with van der Waals surface area (Å²) >= 11 is 0. The number of hydrogen-bond donors (Lipinski definition) is 1. The molecule has 86 valence electrons. The molecule has 1 N–H and O–H groups in total. The van der Waals surface area contributed by atoms with E-state index in [1.807, 2.05) is 0 Å². The van der Waals surface area contributed by atoms with Crippen LogP contribution in [0.1, 0.15) is 17.4 Å². The second-order valence-corrected chi connectivity index (χ2v) is 3.63. The van der Waals surface area contributed by atoms with Crippen LogP contribution in [-0.2, 0) is 11.8 Å². The van der Waals surface area contributed by atoms with Crippen molar-refractivity contribution in [1.29, 1.82) is 0 Å². The number of anilines is 1. The smallest absolute Gasteiger partial charge is 0.354 e. The van der Waals surface area contributed by atoms with Crippen molar-refractivity contribution >= 4 is 17.6 Å². The highest BCUT2D eigenvalue weighted by Gasteiger charge is 2.30. The zero-order valence-electron chi connectivity index (χ0n) is 9.06. The number of carboxylic acid groups (broad SMARTS) is 1. The van der Waals surface area contributed by atoms with E-state index in [1.54, 1.807) is 13.2 Å². The maximum absolute atomic E-state index is 11.4. The first-order valence-corrected chi connectivity index (χ1v) is 4.86. The molecule has 0 bridgehead atoms. The van der Waals surface area contributed by atoms with Crippen LogP contribution in [0.5, 0.6) is 5.75 Å². The van der Waals surface area contributed by atoms with Crippen LogP contribution in [0.4, 0.5) is 5.69 Å². The minimum Gasteiger partial charge on any atom is -0.488 e. The van der Waals surface area contributed by atoms with Gasteiger partial charge in [0.25, 0.3) is 0 Å². The molecule has 0 aliphatic carbocycles. The zero-order chi connectivity index (χ0) is 11.9. The molecule has 0 radical (unpaired) electrons. The van der Waals surface area contributed by atoms with E-state index in [4.69, 9.17) is 9.84 Å². The van der Waals surface area contributed by atoms with E-state index in [0.717, 1.165) is 0 Å². The Kier molecular flexibility index (Phi) is 2.34. The van der Waals surface area contributed by atoms with Gasteiger partial charge in [-0.2, -0.15) is 0 Å². The minimum atomic E-state index is -1.07. The number of ether oxygens (including phenoxy) is 1. The largest absolute Gasteiger partial charge is 0.488 e. The molecular formula is C10H12N2O4. The zero-order valence-corrected chi connectivity index (χ0v) is 9.06. The summed E-state index contributed by atoms with van der Waals surface area (Å²) in [5.41, 5.74) is 0.429. The maximum atomic E-state index is 11.4. The van der Waals surface area contributed by atoms with Crippen LogP contribution in [0.15, 0.2) is 6.20 Å². The van der Waals surface area contributed by atoms with Crippen LogP contribution in [0, 0.1) is 0 Å². The third kappa shape index (κ3) is 1.42. The number of aromatic nitrogens is 1. The van der Waals surface area contributed by atoms with Crippen molar-refractivity contribution < 1.29 is 19.4 Å². The van der Waals surface area contributed by atoms with Gasteiger partial charge in [-0.25, -0.2) is 4.79 Å². The average molecular weight is 224 g/mol. The number of nitrogens with zero attached hydrogens (tertiary/aromatic N) is 2. The highest BCUT2D eigenvalue weighted by atomic mass is 16.5. The number of carbonyl (C=O) groups is 2. The van der Waals surface area contributed by atoms with Gasteiger partial charge in [0, 0.05) is 20.2 Å². The maximum Gasteiger partial charge on any atom is 0.354 e. The van der Waals surface area contributed by atoms with E-state index in [9.17, 15) is 9.59 Å². The van der Waals surface area contributed by atoms with E-state index >= 15 is 0 Å². The number of hydrogen-bond acceptors (Lipinski definition) is 3. The van der Waals surface area contributed by atoms with Crippen LogP contribution in [0.3, 0.4) is 0 Å². The predicted octanol–water partition coefficient (Wildman–Crippen LogP) is 0.469. The quantitative estimate of drug-likeness (QED) is 0.752. The summed E-state index contributed by atoms with van der Waals surface area (Å²) < 4.78 is 6.79. The van der Waals surface area contributed by atoms with E-state index in [-0.39, 0.29) is 11.6 Å². The standard InChI is InChI=1S/C10H12N2O4/c1-6(13)12-3-4-16-7-5-11(2)9(8(7)12)10(14)15/h5H,3-4H2,1-2H3,(H,14,15). The molecule has 1 aromatic rings. The Morgan fingerprint density at radius 3 is 2.75 bits per heavy atom. The third-order valence-electron chi connectivity index (χ3n) is 2.55. The van der Waals surface area contributed by atoms with Crippen LogP contribution in [-0.4, -0.2) is 34.7 Å². The number of carbonyl (C=O) groups excluding carboxylic acids is 1. The van der Waals surface area contributed by atoms with Crippen LogP contribution < -0.4 is 9.64 Å². The van der Waals surface area contributed by atoms with E-state index in [1.165, 1.54) is 16.4 Å². The van der Waals surface area contributed by atoms with Gasteiger partial charge in [0.2, 0.25) is 5.91 Å². The van der Waals surface area contributed by atoms with Crippen molar-refractivity contribution in [3.05, 3.63) is 11.9 Å². The second kappa shape index (κ2) is 3.55. The summed E-state index contributed by atoms with van der Waals surface area (Å²) in [4.78, 5) is 24.0. The monoisotopic (exact) mass is 224 g/mol. The topological polar surface area (TPSA) is 71.8 Å². The predicted molar refractivity (Wildman–Crippen MR) is 55.9 cm³/mol. The van der Waals surface area contributed by atoms with Crippen LogP contribution in [0.2, 0.25) is 0 Å². The molecule has 2 heterocycles. The molecule has 0 spiro atoms. The molecule has 2 rings (SSSR count). The van der Waals surface area contributed by atoms with Crippen molar-refractivity contribution in [3.8, 4) is 5.75 Å². The second-order valence-electron chi connectivity index (χ2n) is 3.63. The lowest BCUT2D eigenvalue weighted by Gasteiger charge is -2.26. The molecule has 1 aromatic heterocycles. The number of fused-ring (bicyclic) bond motifs is 1. The van der Waals surface area contributed by atoms with Gasteiger partial charge in [-0.05, 0) is 0 Å². The normalized spacial score (nSPS) is 14.2. The van der Waals surface area contributed by atoms with Crippen LogP contribution >= 0.6 is 0 Å². The number of aromatic carboxylic acids is 1. The van der Waals surface area contributed by atoms with E-state index < -0.39 is 5.97 Å². The van der Waals surface area contributed by atoms with Gasteiger partial charge in [0.15, 0.2) is 11.4 Å². The summed E-state index contributed by atoms with van der Waals surface area (Å²) in [6.45, 7) is 2.18. The summed E-state index contributed by atoms with van der Waals surface area (Å²) in [6, 6.07) is 0. The average Bonchev–Trinajstić information content (AvgIpc) is 2.52. The molecule has 16 heavy (non-hydrogen) atoms. The molecule has 0 saturated heterocycles. The highest BCUT2D eigenvalue weighted by Crippen LogP contribution is 2.36. The first-order chi connectivity index (χ1) is 7.52. The Labute approximate surface area is 92.0 Å². The Morgan fingerprint density at radius 1 is 1.50 bits per heavy atom. The SMILES string of the molecule is CC(=O)N1CCOc2cn(C)c(C(=O)O)c21. The third-order valence-corrected chi connectivity index (χ3v) is 2.55. The van der Waals surface area contributed by atoms with Crippen molar-refractivity contribution in [3.63, 3.8) is 0 Å². The van der Waals surface area contributed by atoms with Crippen molar-refractivity contribution in [2.45, 2.75) is 6.92 Å². The lowest BCUT2D eigenvalue weighted by molar-refractivity contribution is -0.116. The fourth-order valence-electron chi connectivity index (χ4n) is 1.88. The number of rotatable bonds is 1. The fraction of sp³-hybridized carbons (Fsp3) is 0.400. The molecule has 1 aliphatic heterocycles. The van der Waals surface area contributed by atoms with Crippen LogP contribution in [0.25, 0.3) is 0 Å². The van der Waals surface area contributed by atoms with Gasteiger partial charge < -0.3 is 19.3 Å². The van der Waals surface area contributed by atoms with Crippen molar-refractivity contribution in [2.75, 3.05) is 18.1 Å². The van der Waals surface area contributed by atoms with Gasteiger partial charge >= 0.3 is 5.97 Å². The molecule has 1 amide bonds. The summed E-state index contributed by atoms with van der Waals surface area (Å²) in [6.07, 6.45) is 1.58. The summed E-state index contributed by atoms with van der Waals surface area (Å²) in [5, 5.41) is 9.10. The Morgan fingerprint density at radius 2 is 2.19 bits per heavy atom. The first kappa shape index (κ1) is 10.5. The van der Waals surface area contributed by atoms with Gasteiger partial charge in [-0.1, -0.05) is 0 Å². The Hall–Kier alpha value is -1.98. The Bertz CT molecular complexity index is 464. The Balaban J connectivity index is 2.61. The van der Waals surface area contributed by atoms with Crippen molar-refractivity contribution in [1.82, 2.24) is 4.57 Å². The number of carboxylic acids is 1. The minimum absolute atomic E-state index is 0.0740. The lowest BCUT2D eigenvalue weighted by Crippen LogP contribution is -2.36. The lowest BCUT2D eigenvalue weighted by atomic mass is 10.2. The molecule has 6 heteroatoms. The molecule has 0 unspecified atom stereocenters. The summed E-state index contributed by atoms with van der Waals surface area (Å²) in [5.74, 6) is -0.805. The highest BCUT2D eigenvalue weighted by molar-refractivity contribution is 6.02. The number of amides is 1. The van der Waals surface area contributed by atoms with Gasteiger partial charge in [-0.3, -0.25) is 4.79 Å². The molecule has 1 aliphatic rings.